The molecule has 0 saturated heterocycles. The van der Waals surface area contributed by atoms with Crippen LogP contribution < -0.4 is 20.9 Å². The van der Waals surface area contributed by atoms with Crippen molar-refractivity contribution in [2.24, 2.45) is 5.14 Å². The van der Waals surface area contributed by atoms with Gasteiger partial charge in [-0.05, 0) is 44.6 Å². The molecular weight excluding hydrogens is 385 g/mol. The van der Waals surface area contributed by atoms with Gasteiger partial charge in [0, 0.05) is 18.0 Å². The number of ether oxygens (including phenoxy) is 1. The Morgan fingerprint density at radius 3 is 2.63 bits per heavy atom. The molecule has 144 valence electrons. The van der Waals surface area contributed by atoms with Crippen LogP contribution in [0.4, 0.5) is 15.8 Å². The van der Waals surface area contributed by atoms with Crippen LogP contribution in [0.5, 0.6) is 5.88 Å². The molecule has 1 atom stereocenters. The largest absolute Gasteiger partial charge is 0.481 e. The van der Waals surface area contributed by atoms with Crippen molar-refractivity contribution in [2.75, 3.05) is 18.2 Å². The monoisotopic (exact) mass is 407 g/mol. The van der Waals surface area contributed by atoms with Crippen LogP contribution in [0.1, 0.15) is 19.4 Å². The first-order valence-electron chi connectivity index (χ1n) is 8.27. The SMILES string of the molecule is CC.COc1ccc2c(NCc3ccc(S(N)=S)c(F)c3)c(N)cnc2n1. The molecule has 2 aromatic heterocycles. The summed E-state index contributed by atoms with van der Waals surface area (Å²) in [4.78, 5) is 8.83. The highest BCUT2D eigenvalue weighted by Crippen LogP contribution is 2.28. The number of hydrogen-bond acceptors (Lipinski definition) is 6. The van der Waals surface area contributed by atoms with Gasteiger partial charge in [0.15, 0.2) is 5.65 Å². The predicted octanol–water partition coefficient (Wildman–Crippen LogP) is 3.31. The number of pyridine rings is 2. The molecular formula is C18H22FN5OS2. The lowest BCUT2D eigenvalue weighted by Gasteiger charge is -2.13. The lowest BCUT2D eigenvalue weighted by atomic mass is 10.2. The molecule has 0 aliphatic rings. The fourth-order valence-corrected chi connectivity index (χ4v) is 3.25. The summed E-state index contributed by atoms with van der Waals surface area (Å²) in [6.45, 7) is 4.38. The zero-order valence-corrected chi connectivity index (χ0v) is 17.0. The van der Waals surface area contributed by atoms with Crippen LogP contribution in [0.25, 0.3) is 11.0 Å². The third-order valence-electron chi connectivity index (χ3n) is 3.62. The summed E-state index contributed by atoms with van der Waals surface area (Å²) in [7, 11) is 0.515. The second-order valence-corrected chi connectivity index (χ2v) is 7.34. The van der Waals surface area contributed by atoms with Crippen LogP contribution in [0.3, 0.4) is 0 Å². The Hall–Kier alpha value is -2.36. The van der Waals surface area contributed by atoms with Crippen LogP contribution in [-0.2, 0) is 27.4 Å². The Morgan fingerprint density at radius 2 is 2.00 bits per heavy atom. The van der Waals surface area contributed by atoms with Gasteiger partial charge in [0.25, 0.3) is 0 Å². The van der Waals surface area contributed by atoms with Gasteiger partial charge in [0.2, 0.25) is 5.88 Å². The van der Waals surface area contributed by atoms with Crippen molar-refractivity contribution in [1.29, 1.82) is 0 Å². The summed E-state index contributed by atoms with van der Waals surface area (Å²) in [6, 6.07) is 8.37. The van der Waals surface area contributed by atoms with Gasteiger partial charge in [-0.25, -0.2) is 9.37 Å². The minimum atomic E-state index is -1.02. The number of halogens is 1. The minimum absolute atomic E-state index is 0.337. The van der Waals surface area contributed by atoms with E-state index in [-0.39, 0.29) is 0 Å². The van der Waals surface area contributed by atoms with Gasteiger partial charge in [0.1, 0.15) is 5.82 Å². The van der Waals surface area contributed by atoms with E-state index >= 15 is 0 Å². The number of nitrogens with one attached hydrogen (secondary N) is 1. The van der Waals surface area contributed by atoms with Gasteiger partial charge < -0.3 is 15.8 Å². The summed E-state index contributed by atoms with van der Waals surface area (Å²) < 4.78 is 19.1. The molecule has 0 spiro atoms. The smallest absolute Gasteiger partial charge is 0.215 e. The van der Waals surface area contributed by atoms with E-state index in [1.54, 1.807) is 18.2 Å². The number of aromatic nitrogens is 2. The van der Waals surface area contributed by atoms with E-state index in [1.165, 1.54) is 19.4 Å². The Balaban J connectivity index is 0.00000126. The molecule has 6 nitrogen and oxygen atoms in total. The van der Waals surface area contributed by atoms with E-state index in [0.29, 0.717) is 34.3 Å². The Morgan fingerprint density at radius 1 is 1.26 bits per heavy atom. The molecule has 0 aliphatic heterocycles. The summed E-state index contributed by atoms with van der Waals surface area (Å²) in [5, 5.41) is 9.56. The Kier molecular flexibility index (Phi) is 7.40. The lowest BCUT2D eigenvalue weighted by molar-refractivity contribution is 0.399. The highest BCUT2D eigenvalue weighted by molar-refractivity contribution is 8.27. The van der Waals surface area contributed by atoms with Gasteiger partial charge >= 0.3 is 0 Å². The number of fused-ring (bicyclic) bond motifs is 1. The van der Waals surface area contributed by atoms with E-state index in [4.69, 9.17) is 26.8 Å². The number of methoxy groups -OCH3 is 1. The molecule has 0 aliphatic carbocycles. The van der Waals surface area contributed by atoms with Crippen LogP contribution in [-0.4, -0.2) is 17.1 Å². The highest BCUT2D eigenvalue weighted by Gasteiger charge is 2.10. The topological polar surface area (TPSA) is 99.1 Å². The van der Waals surface area contributed by atoms with E-state index < -0.39 is 15.5 Å². The maximum absolute atomic E-state index is 14.0. The number of nitrogens with zero attached hydrogens (tertiary/aromatic N) is 2. The van der Waals surface area contributed by atoms with Crippen molar-refractivity contribution in [3.8, 4) is 5.88 Å². The molecule has 5 N–H and O–H groups in total. The Labute approximate surface area is 164 Å². The van der Waals surface area contributed by atoms with E-state index in [1.807, 2.05) is 19.9 Å². The van der Waals surface area contributed by atoms with E-state index in [0.717, 1.165) is 10.9 Å². The minimum Gasteiger partial charge on any atom is -0.481 e. The van der Waals surface area contributed by atoms with Gasteiger partial charge in [-0.2, -0.15) is 4.98 Å². The molecule has 1 unspecified atom stereocenters. The number of hydrogen-bond donors (Lipinski definition) is 3. The van der Waals surface area contributed by atoms with Crippen LogP contribution in [0.15, 0.2) is 41.4 Å². The molecule has 3 aromatic rings. The predicted molar refractivity (Wildman–Crippen MR) is 113 cm³/mol. The van der Waals surface area contributed by atoms with Crippen molar-refractivity contribution < 1.29 is 9.13 Å². The summed E-state index contributed by atoms with van der Waals surface area (Å²) >= 11 is 4.92. The summed E-state index contributed by atoms with van der Waals surface area (Å²) in [5.41, 5.74) is 8.44. The maximum atomic E-state index is 14.0. The average molecular weight is 408 g/mol. The molecule has 0 saturated carbocycles. The molecule has 0 bridgehead atoms. The average Bonchev–Trinajstić information content (AvgIpc) is 2.68. The first kappa shape index (κ1) is 20.9. The number of rotatable bonds is 5. The Bertz CT molecular complexity index is 968. The maximum Gasteiger partial charge on any atom is 0.215 e. The third kappa shape index (κ3) is 4.88. The van der Waals surface area contributed by atoms with Gasteiger partial charge in [0.05, 0.1) is 29.6 Å². The molecule has 1 aromatic carbocycles. The fourth-order valence-electron chi connectivity index (χ4n) is 2.39. The summed E-state index contributed by atoms with van der Waals surface area (Å²) in [6.07, 6.45) is 1.53. The van der Waals surface area contributed by atoms with Crippen molar-refractivity contribution in [1.82, 2.24) is 9.97 Å². The zero-order valence-electron chi connectivity index (χ0n) is 15.3. The molecule has 3 rings (SSSR count). The quantitative estimate of drug-likeness (QED) is 0.597. The van der Waals surface area contributed by atoms with Crippen LogP contribution in [0, 0.1) is 5.82 Å². The summed E-state index contributed by atoms with van der Waals surface area (Å²) in [5.74, 6) is 0.0635. The molecule has 2 heterocycles. The molecule has 0 fully saturated rings. The van der Waals surface area contributed by atoms with Gasteiger partial charge in [-0.15, -0.1) is 0 Å². The standard InChI is InChI=1S/C16H16FN5OS2.C2H6/c1-23-14-5-3-10-15(12(18)8-21-16(10)22-14)20-7-9-2-4-13(25(19)24)11(17)6-9;1-2/h2-6,8H,7,18-19H2,1H3,(H,20,21,22);1-2H3. The normalized spacial score (nSPS) is 11.4. The van der Waals surface area contributed by atoms with E-state index in [2.05, 4.69) is 15.3 Å². The fraction of sp³-hybridized carbons (Fsp3) is 0.222. The van der Waals surface area contributed by atoms with Crippen molar-refractivity contribution in [3.05, 3.63) is 47.9 Å². The molecule has 9 heteroatoms. The van der Waals surface area contributed by atoms with Crippen LogP contribution in [0.2, 0.25) is 0 Å². The number of nitrogen functional groups attached to an aromatic ring is 1. The first-order chi connectivity index (χ1) is 13.0. The first-order valence-corrected chi connectivity index (χ1v) is 10.5. The van der Waals surface area contributed by atoms with Crippen molar-refractivity contribution in [3.63, 3.8) is 0 Å². The van der Waals surface area contributed by atoms with E-state index in [9.17, 15) is 4.39 Å². The van der Waals surface area contributed by atoms with Crippen molar-refractivity contribution >= 4 is 43.2 Å². The second kappa shape index (κ2) is 9.54. The van der Waals surface area contributed by atoms with Crippen LogP contribution >= 0.6 is 0 Å². The lowest BCUT2D eigenvalue weighted by Crippen LogP contribution is -2.07. The number of benzene rings is 1. The molecule has 27 heavy (non-hydrogen) atoms. The van der Waals surface area contributed by atoms with Gasteiger partial charge in [-0.3, -0.25) is 5.14 Å². The number of nitrogens with two attached hydrogens (primary N) is 2. The van der Waals surface area contributed by atoms with Gasteiger partial charge in [-0.1, -0.05) is 19.9 Å². The zero-order chi connectivity index (χ0) is 20.0. The number of anilines is 2. The highest BCUT2D eigenvalue weighted by atomic mass is 32.8. The molecule has 0 amide bonds. The third-order valence-corrected chi connectivity index (χ3v) is 4.93. The van der Waals surface area contributed by atoms with Crippen molar-refractivity contribution in [2.45, 2.75) is 25.3 Å². The molecule has 0 radical (unpaired) electrons. The second-order valence-electron chi connectivity index (χ2n) is 5.23.